The van der Waals surface area contributed by atoms with Crippen LogP contribution in [0.3, 0.4) is 0 Å². The predicted molar refractivity (Wildman–Crippen MR) is 36.6 cm³/mol. The molecule has 0 bridgehead atoms. The first-order valence-electron chi connectivity index (χ1n) is 2.35. The van der Waals surface area contributed by atoms with Gasteiger partial charge in [0.25, 0.3) is 0 Å². The van der Waals surface area contributed by atoms with E-state index in [0.29, 0.717) is 0 Å². The van der Waals surface area contributed by atoms with Gasteiger partial charge in [-0.2, -0.15) is 4.18 Å². The molecule has 0 amide bonds. The Morgan fingerprint density at radius 1 is 1.71 bits per heavy atom. The summed E-state index contributed by atoms with van der Waals surface area (Å²) in [5.74, 6) is 0. The molecule has 7 heavy (non-hydrogen) atoms. The average molecular weight is 136 g/mol. The lowest BCUT2D eigenvalue weighted by atomic mass is 10.5. The molecule has 1 unspecified atom stereocenters. The van der Waals surface area contributed by atoms with Crippen LogP contribution in [0.5, 0.6) is 0 Å². The van der Waals surface area contributed by atoms with Gasteiger partial charge in [0.15, 0.2) is 0 Å². The minimum absolute atomic E-state index is 0.862. The van der Waals surface area contributed by atoms with E-state index in [1.54, 1.807) is 0 Å². The van der Waals surface area contributed by atoms with Crippen LogP contribution in [0.2, 0.25) is 0 Å². The van der Waals surface area contributed by atoms with E-state index in [9.17, 15) is 0 Å². The van der Waals surface area contributed by atoms with Gasteiger partial charge in [0, 0.05) is 6.54 Å². The van der Waals surface area contributed by atoms with Crippen LogP contribution in [0.1, 0.15) is 6.42 Å². The molecule has 1 fully saturated rings. The molecule has 1 aliphatic rings. The summed E-state index contributed by atoms with van der Waals surface area (Å²) >= 11 is 4.10. The predicted octanol–water partition coefficient (Wildman–Crippen LogP) is 0.635. The molecular formula is C3H9N2PS. The lowest BCUT2D eigenvalue weighted by Crippen LogP contribution is -2.28. The summed E-state index contributed by atoms with van der Waals surface area (Å²) in [4.78, 5) is 0. The van der Waals surface area contributed by atoms with Gasteiger partial charge in [-0.3, -0.25) is 0 Å². The van der Waals surface area contributed by atoms with E-state index in [2.05, 4.69) is 18.2 Å². The molecule has 1 heterocycles. The highest BCUT2D eigenvalue weighted by atomic mass is 32.1. The third kappa shape index (κ3) is 1.96. The van der Waals surface area contributed by atoms with E-state index in [1.165, 1.54) is 12.6 Å². The van der Waals surface area contributed by atoms with Crippen LogP contribution >= 0.6 is 21.5 Å². The highest BCUT2D eigenvalue weighted by Crippen LogP contribution is 2.20. The molecule has 0 saturated carbocycles. The zero-order valence-corrected chi connectivity index (χ0v) is 5.91. The van der Waals surface area contributed by atoms with Gasteiger partial charge in [-0.25, -0.2) is 5.43 Å². The summed E-state index contributed by atoms with van der Waals surface area (Å²) < 4.78 is 1.86. The summed E-state index contributed by atoms with van der Waals surface area (Å²) in [5, 5.41) is 0. The maximum absolute atomic E-state index is 4.10. The monoisotopic (exact) mass is 136 g/mol. The van der Waals surface area contributed by atoms with Gasteiger partial charge in [0.2, 0.25) is 0 Å². The van der Waals surface area contributed by atoms with Crippen LogP contribution in [0.4, 0.5) is 0 Å². The van der Waals surface area contributed by atoms with E-state index < -0.39 is 0 Å². The topological polar surface area (TPSA) is 15.3 Å². The molecule has 0 aliphatic carbocycles. The number of hydrogen-bond donors (Lipinski definition) is 2. The van der Waals surface area contributed by atoms with Gasteiger partial charge in [-0.1, -0.05) is 12.8 Å². The largest absolute Gasteiger partial charge is 0.242 e. The van der Waals surface area contributed by atoms with Gasteiger partial charge in [-0.05, 0) is 21.3 Å². The van der Waals surface area contributed by atoms with Gasteiger partial charge in [0.05, 0.1) is 0 Å². The highest BCUT2D eigenvalue weighted by Gasteiger charge is 2.02. The summed E-state index contributed by atoms with van der Waals surface area (Å²) in [6.07, 6.45) is 2.60. The minimum atomic E-state index is 0.862. The third-order valence-corrected chi connectivity index (χ3v) is 2.48. The molecule has 1 saturated heterocycles. The second-order valence-corrected chi connectivity index (χ2v) is 3.52. The summed E-state index contributed by atoms with van der Waals surface area (Å²) in [6, 6.07) is 0. The Balaban J connectivity index is 2.12. The quantitative estimate of drug-likeness (QED) is 0.375. The molecule has 1 N–H and O–H groups in total. The van der Waals surface area contributed by atoms with Crippen LogP contribution in [-0.4, -0.2) is 16.9 Å². The van der Waals surface area contributed by atoms with Crippen molar-refractivity contribution in [2.75, 3.05) is 12.7 Å². The first-order valence-corrected chi connectivity index (χ1v) is 3.91. The minimum Gasteiger partial charge on any atom is -0.242 e. The third-order valence-electron chi connectivity index (χ3n) is 0.877. The smallest absolute Gasteiger partial charge is 0.0118 e. The normalized spacial score (nSPS) is 28.7. The molecule has 2 nitrogen and oxygen atoms in total. The number of hydrazine groups is 1. The maximum atomic E-state index is 4.10. The van der Waals surface area contributed by atoms with Crippen molar-refractivity contribution in [3.63, 3.8) is 0 Å². The van der Waals surface area contributed by atoms with Crippen molar-refractivity contribution in [1.29, 1.82) is 0 Å². The van der Waals surface area contributed by atoms with E-state index >= 15 is 0 Å². The molecule has 0 spiro atoms. The molecule has 42 valence electrons. The molecule has 1 rings (SSSR count). The number of nitrogens with one attached hydrogen (secondary N) is 1. The van der Waals surface area contributed by atoms with Crippen molar-refractivity contribution in [3.8, 4) is 0 Å². The Hall–Kier alpha value is 0.700. The Labute approximate surface area is 51.0 Å². The SMILES string of the molecule is SN1NCCCP1. The average Bonchev–Trinajstić information content (AvgIpc) is 1.69. The number of rotatable bonds is 0. The van der Waals surface area contributed by atoms with Crippen LogP contribution in [0.15, 0.2) is 0 Å². The lowest BCUT2D eigenvalue weighted by Gasteiger charge is -2.20. The van der Waals surface area contributed by atoms with Crippen molar-refractivity contribution >= 4 is 21.5 Å². The van der Waals surface area contributed by atoms with Gasteiger partial charge >= 0.3 is 0 Å². The second kappa shape index (κ2) is 2.88. The lowest BCUT2D eigenvalue weighted by molar-refractivity contribution is 0.505. The van der Waals surface area contributed by atoms with E-state index in [4.69, 9.17) is 0 Å². The van der Waals surface area contributed by atoms with E-state index in [-0.39, 0.29) is 0 Å². The molecule has 1 atom stereocenters. The van der Waals surface area contributed by atoms with Gasteiger partial charge in [-0.15, -0.1) is 0 Å². The fraction of sp³-hybridized carbons (Fsp3) is 1.00. The summed E-state index contributed by atoms with van der Waals surface area (Å²) in [5.41, 5.74) is 3.09. The van der Waals surface area contributed by atoms with Crippen LogP contribution in [0, 0.1) is 0 Å². The second-order valence-electron chi connectivity index (χ2n) is 1.48. The van der Waals surface area contributed by atoms with Crippen molar-refractivity contribution in [3.05, 3.63) is 0 Å². The number of nitrogens with zero attached hydrogens (tertiary/aromatic N) is 1. The van der Waals surface area contributed by atoms with Gasteiger partial charge in [0.1, 0.15) is 0 Å². The van der Waals surface area contributed by atoms with Crippen LogP contribution in [-0.2, 0) is 0 Å². The Kier molecular flexibility index (Phi) is 2.40. The maximum Gasteiger partial charge on any atom is 0.0118 e. The van der Waals surface area contributed by atoms with Crippen molar-refractivity contribution in [2.24, 2.45) is 0 Å². The van der Waals surface area contributed by atoms with E-state index in [0.717, 1.165) is 15.3 Å². The number of hydrogen-bond acceptors (Lipinski definition) is 3. The standard InChI is InChI=1S/C3H9N2PS/c7-5-4-2-1-3-6-5/h4,6-7H,1-3H2. The first-order chi connectivity index (χ1) is 3.39. The van der Waals surface area contributed by atoms with Crippen LogP contribution < -0.4 is 5.43 Å². The zero-order chi connectivity index (χ0) is 5.11. The fourth-order valence-electron chi connectivity index (χ4n) is 0.514. The van der Waals surface area contributed by atoms with E-state index in [1.807, 2.05) is 4.18 Å². The zero-order valence-electron chi connectivity index (χ0n) is 4.02. The Bertz CT molecular complexity index is 54.9. The molecule has 0 aromatic carbocycles. The van der Waals surface area contributed by atoms with Crippen molar-refractivity contribution in [2.45, 2.75) is 6.42 Å². The Morgan fingerprint density at radius 3 is 2.86 bits per heavy atom. The molecular weight excluding hydrogens is 127 g/mol. The first kappa shape index (κ1) is 5.83. The number of thiol groups is 1. The molecule has 0 aromatic rings. The highest BCUT2D eigenvalue weighted by molar-refractivity contribution is 7.82. The molecule has 0 aromatic heterocycles. The summed E-state index contributed by atoms with van der Waals surface area (Å²) in [6.45, 7) is 1.09. The molecule has 1 aliphatic heterocycles. The molecule has 0 radical (unpaired) electrons. The van der Waals surface area contributed by atoms with Crippen molar-refractivity contribution in [1.82, 2.24) is 9.61 Å². The van der Waals surface area contributed by atoms with Gasteiger partial charge < -0.3 is 0 Å². The summed E-state index contributed by atoms with van der Waals surface area (Å²) in [7, 11) is 0.862. The fourth-order valence-corrected chi connectivity index (χ4v) is 1.68. The Morgan fingerprint density at radius 2 is 2.57 bits per heavy atom. The van der Waals surface area contributed by atoms with Crippen LogP contribution in [0.25, 0.3) is 0 Å². The molecule has 4 heteroatoms. The van der Waals surface area contributed by atoms with Crippen molar-refractivity contribution < 1.29 is 0 Å².